The molecular weight excluding hydrogens is 857 g/mol. The van der Waals surface area contributed by atoms with Gasteiger partial charge in [-0.05, 0) is 54.8 Å². The third-order valence-corrected chi connectivity index (χ3v) is 8.71. The number of fused-ring (bicyclic) bond motifs is 1. The van der Waals surface area contributed by atoms with Gasteiger partial charge in [0.1, 0.15) is 5.69 Å². The molecule has 0 aliphatic heterocycles. The second-order valence-corrected chi connectivity index (χ2v) is 13.2. The Kier molecular flexibility index (Phi) is 17.8. The molecule has 0 saturated heterocycles. The molecule has 0 amide bonds. The van der Waals surface area contributed by atoms with E-state index < -0.39 is 31.6 Å². The van der Waals surface area contributed by atoms with Crippen molar-refractivity contribution in [1.29, 1.82) is 0 Å². The normalized spacial score (nSPS) is 11.1. The van der Waals surface area contributed by atoms with Crippen LogP contribution in [0.4, 0.5) is 39.8 Å². The minimum Gasteiger partial charge on any atom is -0.871 e. The fourth-order valence-corrected chi connectivity index (χ4v) is 5.58. The molecule has 0 saturated carbocycles. The van der Waals surface area contributed by atoms with E-state index in [4.69, 9.17) is 4.55 Å². The zero-order chi connectivity index (χ0) is 40.7. The van der Waals surface area contributed by atoms with E-state index in [9.17, 15) is 39.0 Å². The maximum absolute atomic E-state index is 12.6. The summed E-state index contributed by atoms with van der Waals surface area (Å²) in [6.45, 7) is 1.43. The first-order valence-corrected chi connectivity index (χ1v) is 17.8. The van der Waals surface area contributed by atoms with Gasteiger partial charge in [0.25, 0.3) is 15.8 Å². The average Bonchev–Trinajstić information content (AvgIpc) is 3.49. The molecule has 289 valence electrons. The Balaban J connectivity index is 0.000000305. The Labute approximate surface area is 396 Å². The van der Waals surface area contributed by atoms with Gasteiger partial charge in [-0.15, -0.1) is 5.11 Å². The number of aromatic nitrogens is 2. The first-order chi connectivity index (χ1) is 27.3. The fourth-order valence-electron chi connectivity index (χ4n) is 5.06. The van der Waals surface area contributed by atoms with Crippen LogP contribution < -0.4 is 79.5 Å². The quantitative estimate of drug-likeness (QED) is 0.0720. The maximum Gasteiger partial charge on any atom is 3.00 e. The molecule has 6 aromatic carbocycles. The molecule has 0 bridgehead atoms. The predicted molar refractivity (Wildman–Crippen MR) is 198 cm³/mol. The molecule has 0 aliphatic carbocycles. The summed E-state index contributed by atoms with van der Waals surface area (Å²) in [6, 6.07) is 32.0. The van der Waals surface area contributed by atoms with Crippen molar-refractivity contribution < 1.29 is 115 Å². The van der Waals surface area contributed by atoms with E-state index in [1.165, 1.54) is 37.3 Å². The van der Waals surface area contributed by atoms with E-state index in [1.54, 1.807) is 18.2 Å². The molecule has 22 heteroatoms. The molecule has 1 N–H and O–H groups in total. The molecule has 60 heavy (non-hydrogen) atoms. The van der Waals surface area contributed by atoms with E-state index in [-0.39, 0.29) is 128 Å². The van der Waals surface area contributed by atoms with Crippen LogP contribution >= 0.6 is 0 Å². The van der Waals surface area contributed by atoms with Gasteiger partial charge in [0.2, 0.25) is 0 Å². The molecule has 0 spiro atoms. The SMILES string of the molecule is Cc1nn(-c2cccc(S(=O)(=O)O)c2)c([O-])c1N=Nc1cc([N+](=O)[O-])ccc1[O-].[Cr+3].[Na+].[Na+].[O-]c1ccc(N=Nc2ccccc2)cc1N=Nc1c([O-])ccc2ccccc12. The molecule has 0 atom stereocenters. The third kappa shape index (κ3) is 12.1. The van der Waals surface area contributed by atoms with Gasteiger partial charge in [-0.3, -0.25) is 14.7 Å². The van der Waals surface area contributed by atoms with Crippen molar-refractivity contribution >= 4 is 60.7 Å². The van der Waals surface area contributed by atoms with Crippen molar-refractivity contribution in [3.05, 3.63) is 143 Å². The smallest absolute Gasteiger partial charge is 0.871 e. The van der Waals surface area contributed by atoms with E-state index in [0.29, 0.717) is 16.8 Å². The van der Waals surface area contributed by atoms with Crippen LogP contribution in [0, 0.1) is 17.0 Å². The van der Waals surface area contributed by atoms with Crippen molar-refractivity contribution in [2.75, 3.05) is 0 Å². The van der Waals surface area contributed by atoms with E-state index >= 15 is 0 Å². The molecule has 1 aromatic heterocycles. The molecule has 0 unspecified atom stereocenters. The Morgan fingerprint density at radius 2 is 1.23 bits per heavy atom. The van der Waals surface area contributed by atoms with Gasteiger partial charge in [-0.1, -0.05) is 90.0 Å². The number of nitro groups is 1. The van der Waals surface area contributed by atoms with Gasteiger partial charge < -0.3 is 20.4 Å². The molecule has 0 fully saturated rings. The van der Waals surface area contributed by atoms with Crippen LogP contribution in [0.1, 0.15) is 5.69 Å². The number of nitro benzene ring substituents is 1. The second-order valence-electron chi connectivity index (χ2n) is 11.8. The number of non-ortho nitro benzene ring substituents is 1. The zero-order valence-electron chi connectivity index (χ0n) is 31.7. The Bertz CT molecular complexity index is 2850. The van der Waals surface area contributed by atoms with Crippen LogP contribution in [0.5, 0.6) is 23.1 Å². The van der Waals surface area contributed by atoms with Crippen LogP contribution in [0.25, 0.3) is 16.5 Å². The van der Waals surface area contributed by atoms with Gasteiger partial charge in [0.05, 0.1) is 49.6 Å². The van der Waals surface area contributed by atoms with Crippen LogP contribution in [0.3, 0.4) is 0 Å². The Hall–Kier alpha value is -5.37. The number of aryl methyl sites for hydroxylation is 1. The minimum atomic E-state index is -4.49. The number of azo groups is 3. The van der Waals surface area contributed by atoms with Gasteiger partial charge in [0.15, 0.2) is 0 Å². The summed E-state index contributed by atoms with van der Waals surface area (Å²) in [5.41, 5.74) is 0.693. The first-order valence-electron chi connectivity index (χ1n) is 16.4. The molecule has 7 rings (SSSR count). The summed E-state index contributed by atoms with van der Waals surface area (Å²) < 4.78 is 32.5. The van der Waals surface area contributed by atoms with Gasteiger partial charge >= 0.3 is 76.5 Å². The zero-order valence-corrected chi connectivity index (χ0v) is 37.8. The van der Waals surface area contributed by atoms with Crippen LogP contribution in [-0.4, -0.2) is 27.7 Å². The van der Waals surface area contributed by atoms with Crippen molar-refractivity contribution in [2.45, 2.75) is 11.8 Å². The number of benzene rings is 6. The van der Waals surface area contributed by atoms with E-state index in [0.717, 1.165) is 40.4 Å². The molecule has 7 aromatic rings. The molecule has 18 nitrogen and oxygen atoms in total. The Morgan fingerprint density at radius 3 is 1.92 bits per heavy atom. The third-order valence-electron chi connectivity index (χ3n) is 7.86. The largest absolute Gasteiger partial charge is 3.00 e. The van der Waals surface area contributed by atoms with E-state index in [2.05, 4.69) is 35.8 Å². The number of hydrogen-bond acceptors (Lipinski definition) is 15. The number of nitrogens with zero attached hydrogens (tertiary/aromatic N) is 9. The summed E-state index contributed by atoms with van der Waals surface area (Å²) in [5, 5.41) is 88.7. The second kappa shape index (κ2) is 21.8. The van der Waals surface area contributed by atoms with Crippen molar-refractivity contribution in [2.24, 2.45) is 30.7 Å². The van der Waals surface area contributed by atoms with Crippen LogP contribution in [0.15, 0.2) is 163 Å². The summed E-state index contributed by atoms with van der Waals surface area (Å²) in [5.74, 6) is -1.96. The summed E-state index contributed by atoms with van der Waals surface area (Å²) in [4.78, 5) is 9.67. The van der Waals surface area contributed by atoms with Gasteiger partial charge in [-0.25, -0.2) is 4.68 Å². The summed E-state index contributed by atoms with van der Waals surface area (Å²) >= 11 is 0. The van der Waals surface area contributed by atoms with Crippen LogP contribution in [-0.2, 0) is 27.5 Å². The van der Waals surface area contributed by atoms with Crippen molar-refractivity contribution in [1.82, 2.24) is 9.78 Å². The first kappa shape index (κ1) is 49.0. The van der Waals surface area contributed by atoms with E-state index in [1.807, 2.05) is 48.5 Å². The monoisotopic (exact) mass is 881 g/mol. The maximum atomic E-state index is 12.6. The van der Waals surface area contributed by atoms with Gasteiger partial charge in [-0.2, -0.15) is 39.1 Å². The minimum absolute atomic E-state index is 0. The molecule has 0 aliphatic rings. The summed E-state index contributed by atoms with van der Waals surface area (Å²) in [7, 11) is -4.49. The number of rotatable bonds is 9. The predicted octanol–water partition coefficient (Wildman–Crippen LogP) is 1.72. The topological polar surface area (TPSA) is 282 Å². The van der Waals surface area contributed by atoms with Crippen LogP contribution in [0.2, 0.25) is 0 Å². The van der Waals surface area contributed by atoms with Gasteiger partial charge in [0, 0.05) is 23.4 Å². The fraction of sp³-hybridized carbons (Fsp3) is 0.0263. The molecule has 1 heterocycles. The molecule has 1 radical (unpaired) electrons. The molecular formula is C38H25CrN9Na2O9S+. The summed E-state index contributed by atoms with van der Waals surface area (Å²) in [6.07, 6.45) is 0. The average molecular weight is 882 g/mol. The van der Waals surface area contributed by atoms with Crippen molar-refractivity contribution in [3.63, 3.8) is 0 Å². The van der Waals surface area contributed by atoms with Crippen molar-refractivity contribution in [3.8, 4) is 28.8 Å². The standard InChI is InChI=1S/C22H16N4O2.C16H13N5O7S.Cr.2Na/c27-20-13-11-17(24-23-16-7-2-1-3-8-16)14-19(20)25-26-22-18-9-5-4-6-15(18)10-12-21(22)28;1-9-15(18-17-13-8-11(21(24)25)5-6-14(13)22)16(23)20(19-9)10-3-2-4-12(7-10)29(26,27)28;;;/h1-14,27-28H;2-8,22-23H,1H3,(H,26,27,28);;;/q;;+3;2*+1/p-4. The Morgan fingerprint density at radius 1 is 0.633 bits per heavy atom. The number of hydrogen-bond donors (Lipinski definition) is 1.